The van der Waals surface area contributed by atoms with Crippen LogP contribution in [0.1, 0.15) is 64.7 Å². The standard InChI is InChI=1S/C25H30N4O2/c1-18-14-19(2)16-21(15-18)23(30)26-22(17-20-10-6-5-7-11-20)24-27-28-25(31-24)29-12-8-3-4-9-13-29/h5-7,10-11,14-16,22H,3-4,8-9,12-13,17H2,1-2H3,(H,26,30)/t22-/m0/s1. The van der Waals surface area contributed by atoms with Crippen LogP contribution in [0.4, 0.5) is 6.01 Å². The summed E-state index contributed by atoms with van der Waals surface area (Å²) in [6.07, 6.45) is 5.32. The predicted molar refractivity (Wildman–Crippen MR) is 121 cm³/mol. The number of hydrogen-bond acceptors (Lipinski definition) is 5. The average Bonchev–Trinajstić information content (AvgIpc) is 3.09. The lowest BCUT2D eigenvalue weighted by atomic mass is 10.0. The van der Waals surface area contributed by atoms with Gasteiger partial charge in [0.2, 0.25) is 5.89 Å². The first kappa shape index (κ1) is 21.1. The summed E-state index contributed by atoms with van der Waals surface area (Å²) >= 11 is 0. The van der Waals surface area contributed by atoms with Gasteiger partial charge in [0.05, 0.1) is 0 Å². The van der Waals surface area contributed by atoms with Crippen molar-refractivity contribution >= 4 is 11.9 Å². The first-order chi connectivity index (χ1) is 15.1. The number of aromatic nitrogens is 2. The van der Waals surface area contributed by atoms with Crippen molar-refractivity contribution in [1.29, 1.82) is 0 Å². The van der Waals surface area contributed by atoms with E-state index < -0.39 is 6.04 Å². The molecule has 0 unspecified atom stereocenters. The Balaban J connectivity index is 1.57. The Kier molecular flexibility index (Phi) is 6.65. The number of rotatable bonds is 6. The molecule has 1 amide bonds. The van der Waals surface area contributed by atoms with E-state index in [2.05, 4.69) is 26.5 Å². The van der Waals surface area contributed by atoms with E-state index in [1.54, 1.807) is 0 Å². The fourth-order valence-electron chi connectivity index (χ4n) is 4.15. The third-order valence-electron chi connectivity index (χ3n) is 5.68. The Morgan fingerprint density at radius 3 is 2.35 bits per heavy atom. The van der Waals surface area contributed by atoms with Gasteiger partial charge in [-0.15, -0.1) is 5.10 Å². The van der Waals surface area contributed by atoms with E-state index in [-0.39, 0.29) is 5.91 Å². The summed E-state index contributed by atoms with van der Waals surface area (Å²) in [5.41, 5.74) is 3.86. The zero-order valence-corrected chi connectivity index (χ0v) is 18.3. The lowest BCUT2D eigenvalue weighted by molar-refractivity contribution is 0.0930. The summed E-state index contributed by atoms with van der Waals surface area (Å²) in [6, 6.07) is 16.1. The molecule has 4 rings (SSSR count). The van der Waals surface area contributed by atoms with Gasteiger partial charge in [0.15, 0.2) is 0 Å². The minimum Gasteiger partial charge on any atom is -0.406 e. The van der Waals surface area contributed by atoms with Gasteiger partial charge in [-0.2, -0.15) is 0 Å². The fraction of sp³-hybridized carbons (Fsp3) is 0.400. The van der Waals surface area contributed by atoms with Crippen molar-refractivity contribution in [3.63, 3.8) is 0 Å². The maximum Gasteiger partial charge on any atom is 0.318 e. The Morgan fingerprint density at radius 1 is 1.00 bits per heavy atom. The highest BCUT2D eigenvalue weighted by Crippen LogP contribution is 2.24. The topological polar surface area (TPSA) is 71.3 Å². The van der Waals surface area contributed by atoms with Crippen molar-refractivity contribution in [3.05, 3.63) is 76.7 Å². The van der Waals surface area contributed by atoms with Gasteiger partial charge in [0.1, 0.15) is 6.04 Å². The van der Waals surface area contributed by atoms with Crippen LogP contribution in [-0.2, 0) is 6.42 Å². The molecule has 2 heterocycles. The summed E-state index contributed by atoms with van der Waals surface area (Å²) in [5, 5.41) is 11.8. The molecule has 1 fully saturated rings. The molecule has 0 aliphatic carbocycles. The lowest BCUT2D eigenvalue weighted by Gasteiger charge is -2.18. The van der Waals surface area contributed by atoms with Crippen molar-refractivity contribution in [3.8, 4) is 0 Å². The summed E-state index contributed by atoms with van der Waals surface area (Å²) in [7, 11) is 0. The van der Waals surface area contributed by atoms with Gasteiger partial charge in [-0.3, -0.25) is 4.79 Å². The van der Waals surface area contributed by atoms with Crippen LogP contribution in [0.5, 0.6) is 0 Å². The second kappa shape index (κ2) is 9.77. The number of hydrogen-bond donors (Lipinski definition) is 1. The second-order valence-corrected chi connectivity index (χ2v) is 8.42. The zero-order chi connectivity index (χ0) is 21.6. The number of anilines is 1. The quantitative estimate of drug-likeness (QED) is 0.624. The number of nitrogens with one attached hydrogen (secondary N) is 1. The van der Waals surface area contributed by atoms with Crippen molar-refractivity contribution in [2.75, 3.05) is 18.0 Å². The van der Waals surface area contributed by atoms with Crippen LogP contribution in [0.3, 0.4) is 0 Å². The number of carbonyl (C=O) groups excluding carboxylic acids is 1. The van der Waals surface area contributed by atoms with E-state index in [0.29, 0.717) is 23.9 Å². The average molecular weight is 419 g/mol. The Labute approximate surface area is 183 Å². The zero-order valence-electron chi connectivity index (χ0n) is 18.3. The normalized spacial score (nSPS) is 15.4. The molecular weight excluding hydrogens is 388 g/mol. The maximum atomic E-state index is 13.1. The van der Waals surface area contributed by atoms with Crippen LogP contribution in [0.2, 0.25) is 0 Å². The first-order valence-corrected chi connectivity index (χ1v) is 11.1. The highest BCUT2D eigenvalue weighted by atomic mass is 16.4. The molecule has 1 atom stereocenters. The van der Waals surface area contributed by atoms with Gasteiger partial charge in [-0.1, -0.05) is 65.5 Å². The van der Waals surface area contributed by atoms with Crippen molar-refractivity contribution in [2.45, 2.75) is 52.0 Å². The molecule has 1 aliphatic heterocycles. The second-order valence-electron chi connectivity index (χ2n) is 8.42. The maximum absolute atomic E-state index is 13.1. The van der Waals surface area contributed by atoms with E-state index in [9.17, 15) is 4.79 Å². The molecule has 1 saturated heterocycles. The van der Waals surface area contributed by atoms with Gasteiger partial charge in [0.25, 0.3) is 5.91 Å². The van der Waals surface area contributed by atoms with Crippen molar-refractivity contribution in [2.24, 2.45) is 0 Å². The molecule has 0 spiro atoms. The lowest BCUT2D eigenvalue weighted by Crippen LogP contribution is -2.30. The van der Waals surface area contributed by atoms with Crippen LogP contribution in [0.15, 0.2) is 52.9 Å². The Morgan fingerprint density at radius 2 is 1.68 bits per heavy atom. The van der Waals surface area contributed by atoms with Gasteiger partial charge < -0.3 is 14.6 Å². The molecule has 1 N–H and O–H groups in total. The molecule has 0 radical (unpaired) electrons. The monoisotopic (exact) mass is 418 g/mol. The summed E-state index contributed by atoms with van der Waals surface area (Å²) in [5.74, 6) is 0.308. The van der Waals surface area contributed by atoms with E-state index in [1.807, 2.05) is 56.3 Å². The first-order valence-electron chi connectivity index (χ1n) is 11.1. The number of aryl methyl sites for hydroxylation is 2. The fourth-order valence-corrected chi connectivity index (χ4v) is 4.15. The van der Waals surface area contributed by atoms with Crippen molar-refractivity contribution in [1.82, 2.24) is 15.5 Å². The smallest absolute Gasteiger partial charge is 0.318 e. The van der Waals surface area contributed by atoms with Gasteiger partial charge in [-0.05, 0) is 44.4 Å². The third kappa shape index (κ3) is 5.51. The highest BCUT2D eigenvalue weighted by Gasteiger charge is 2.24. The number of nitrogens with zero attached hydrogens (tertiary/aromatic N) is 3. The minimum atomic E-state index is -0.399. The van der Waals surface area contributed by atoms with Crippen molar-refractivity contribution < 1.29 is 9.21 Å². The molecule has 162 valence electrons. The van der Waals surface area contributed by atoms with Crippen LogP contribution < -0.4 is 10.2 Å². The summed E-state index contributed by atoms with van der Waals surface area (Å²) < 4.78 is 6.09. The Hall–Kier alpha value is -3.15. The molecule has 1 aliphatic rings. The molecule has 0 saturated carbocycles. The largest absolute Gasteiger partial charge is 0.406 e. The summed E-state index contributed by atoms with van der Waals surface area (Å²) in [6.45, 7) is 5.85. The molecule has 6 heteroatoms. The minimum absolute atomic E-state index is 0.137. The molecule has 1 aromatic heterocycles. The van der Waals surface area contributed by atoms with E-state index in [1.165, 1.54) is 12.8 Å². The number of amides is 1. The Bertz CT molecular complexity index is 987. The van der Waals surface area contributed by atoms with Crippen LogP contribution in [-0.4, -0.2) is 29.2 Å². The molecule has 6 nitrogen and oxygen atoms in total. The third-order valence-corrected chi connectivity index (χ3v) is 5.68. The van der Waals surface area contributed by atoms with Crippen LogP contribution in [0.25, 0.3) is 0 Å². The molecule has 0 bridgehead atoms. The van der Waals surface area contributed by atoms with E-state index >= 15 is 0 Å². The highest BCUT2D eigenvalue weighted by molar-refractivity contribution is 5.94. The van der Waals surface area contributed by atoms with Gasteiger partial charge in [0, 0.05) is 25.1 Å². The molecular formula is C25H30N4O2. The van der Waals surface area contributed by atoms with E-state index in [0.717, 1.165) is 42.6 Å². The summed E-state index contributed by atoms with van der Waals surface area (Å²) in [4.78, 5) is 15.2. The number of benzene rings is 2. The molecule has 2 aromatic carbocycles. The van der Waals surface area contributed by atoms with Crippen LogP contribution in [0, 0.1) is 13.8 Å². The van der Waals surface area contributed by atoms with E-state index in [4.69, 9.17) is 4.42 Å². The molecule has 31 heavy (non-hydrogen) atoms. The number of carbonyl (C=O) groups is 1. The van der Waals surface area contributed by atoms with Gasteiger partial charge in [-0.25, -0.2) is 0 Å². The SMILES string of the molecule is Cc1cc(C)cc(C(=O)N[C@@H](Cc2ccccc2)c2nnc(N3CCCCCC3)o2)c1. The van der Waals surface area contributed by atoms with Crippen LogP contribution >= 0.6 is 0 Å². The molecule has 3 aromatic rings. The van der Waals surface area contributed by atoms with Gasteiger partial charge >= 0.3 is 6.01 Å². The predicted octanol–water partition coefficient (Wildman–Crippen LogP) is 4.78.